The number of hydrogen-bond acceptors (Lipinski definition) is 5. The van der Waals surface area contributed by atoms with Crippen LogP contribution in [0.25, 0.3) is 0 Å². The molecule has 1 aliphatic rings. The molecule has 0 unspecified atom stereocenters. The lowest BCUT2D eigenvalue weighted by atomic mass is 10.1. The van der Waals surface area contributed by atoms with Crippen molar-refractivity contribution in [2.24, 2.45) is 0 Å². The first kappa shape index (κ1) is 15.8. The Morgan fingerprint density at radius 2 is 2.05 bits per heavy atom. The Labute approximate surface area is 125 Å². The van der Waals surface area contributed by atoms with Crippen molar-refractivity contribution in [2.45, 2.75) is 32.2 Å². The van der Waals surface area contributed by atoms with Crippen LogP contribution in [0.2, 0.25) is 0 Å². The fourth-order valence-electron chi connectivity index (χ4n) is 2.19. The summed E-state index contributed by atoms with van der Waals surface area (Å²) in [5.74, 6) is 0.845. The summed E-state index contributed by atoms with van der Waals surface area (Å²) in [6.45, 7) is 2.91. The van der Waals surface area contributed by atoms with Crippen LogP contribution < -0.4 is 10.6 Å². The van der Waals surface area contributed by atoms with E-state index in [0.29, 0.717) is 18.4 Å². The second-order valence-corrected chi connectivity index (χ2v) is 7.56. The van der Waals surface area contributed by atoms with E-state index in [1.165, 1.54) is 6.20 Å². The van der Waals surface area contributed by atoms with Crippen molar-refractivity contribution < 1.29 is 13.2 Å². The Bertz CT molecular complexity index is 570. The minimum atomic E-state index is -2.90. The maximum atomic E-state index is 12.1. The number of sulfone groups is 1. The summed E-state index contributed by atoms with van der Waals surface area (Å²) < 4.78 is 22.7. The van der Waals surface area contributed by atoms with Gasteiger partial charge in [0.2, 0.25) is 0 Å². The number of nitrogens with zero attached hydrogens (tertiary/aromatic N) is 1. The number of hydrogen-bond donors (Lipinski definition) is 2. The van der Waals surface area contributed by atoms with Gasteiger partial charge >= 0.3 is 0 Å². The van der Waals surface area contributed by atoms with Gasteiger partial charge in [0.1, 0.15) is 15.7 Å². The molecule has 116 valence electrons. The highest BCUT2D eigenvalue weighted by Gasteiger charge is 2.24. The molecule has 1 saturated heterocycles. The third-order valence-electron chi connectivity index (χ3n) is 3.47. The second-order valence-electron chi connectivity index (χ2n) is 5.26. The van der Waals surface area contributed by atoms with Crippen LogP contribution in [-0.4, -0.2) is 43.4 Å². The summed E-state index contributed by atoms with van der Waals surface area (Å²) in [4.78, 5) is 16.3. The number of nitrogens with one attached hydrogen (secondary N) is 2. The van der Waals surface area contributed by atoms with Gasteiger partial charge in [-0.15, -0.1) is 0 Å². The Balaban J connectivity index is 1.88. The van der Waals surface area contributed by atoms with Crippen molar-refractivity contribution in [2.75, 3.05) is 23.4 Å². The SMILES string of the molecule is CCCNc1ccc(C(=O)NC2CCS(=O)(=O)CC2)cn1. The number of amides is 1. The van der Waals surface area contributed by atoms with E-state index in [9.17, 15) is 13.2 Å². The molecule has 0 atom stereocenters. The molecule has 6 nitrogen and oxygen atoms in total. The van der Waals surface area contributed by atoms with Crippen LogP contribution in [-0.2, 0) is 9.84 Å². The quantitative estimate of drug-likeness (QED) is 0.853. The van der Waals surface area contributed by atoms with E-state index in [2.05, 4.69) is 22.5 Å². The highest BCUT2D eigenvalue weighted by atomic mass is 32.2. The number of carbonyl (C=O) groups excluding carboxylic acids is 1. The lowest BCUT2D eigenvalue weighted by Crippen LogP contribution is -2.40. The molecule has 1 amide bonds. The third kappa shape index (κ3) is 4.70. The summed E-state index contributed by atoms with van der Waals surface area (Å²) in [5, 5.41) is 6.01. The van der Waals surface area contributed by atoms with Gasteiger partial charge in [-0.2, -0.15) is 0 Å². The fraction of sp³-hybridized carbons (Fsp3) is 0.571. The molecule has 0 bridgehead atoms. The van der Waals surface area contributed by atoms with Crippen molar-refractivity contribution in [3.63, 3.8) is 0 Å². The van der Waals surface area contributed by atoms with Crippen molar-refractivity contribution in [3.05, 3.63) is 23.9 Å². The summed E-state index contributed by atoms with van der Waals surface area (Å²) in [5.41, 5.74) is 0.491. The van der Waals surface area contributed by atoms with E-state index < -0.39 is 9.84 Å². The van der Waals surface area contributed by atoms with Gasteiger partial charge in [0.25, 0.3) is 5.91 Å². The molecule has 0 saturated carbocycles. The van der Waals surface area contributed by atoms with Crippen LogP contribution in [0.1, 0.15) is 36.5 Å². The average Bonchev–Trinajstić information content (AvgIpc) is 2.48. The lowest BCUT2D eigenvalue weighted by molar-refractivity contribution is 0.0934. The second kappa shape index (κ2) is 6.89. The van der Waals surface area contributed by atoms with Crippen LogP contribution in [0.4, 0.5) is 5.82 Å². The molecule has 1 aliphatic heterocycles. The zero-order chi connectivity index (χ0) is 15.3. The summed E-state index contributed by atoms with van der Waals surface area (Å²) in [6.07, 6.45) is 3.51. The monoisotopic (exact) mass is 311 g/mol. The Morgan fingerprint density at radius 1 is 1.33 bits per heavy atom. The van der Waals surface area contributed by atoms with E-state index in [-0.39, 0.29) is 23.5 Å². The number of aromatic nitrogens is 1. The van der Waals surface area contributed by atoms with Gasteiger partial charge < -0.3 is 10.6 Å². The number of pyridine rings is 1. The molecular weight excluding hydrogens is 290 g/mol. The van der Waals surface area contributed by atoms with Crippen molar-refractivity contribution in [1.82, 2.24) is 10.3 Å². The summed E-state index contributed by atoms with van der Waals surface area (Å²) in [7, 11) is -2.90. The molecule has 0 aromatic carbocycles. The van der Waals surface area contributed by atoms with Gasteiger partial charge in [-0.05, 0) is 31.4 Å². The lowest BCUT2D eigenvalue weighted by Gasteiger charge is -2.23. The molecule has 7 heteroatoms. The zero-order valence-electron chi connectivity index (χ0n) is 12.1. The van der Waals surface area contributed by atoms with Crippen molar-refractivity contribution in [3.8, 4) is 0 Å². The molecule has 1 fully saturated rings. The number of rotatable bonds is 5. The molecular formula is C14H21N3O3S. The molecule has 1 aromatic heterocycles. The Hall–Kier alpha value is -1.63. The normalized spacial score (nSPS) is 18.1. The predicted molar refractivity (Wildman–Crippen MR) is 82.2 cm³/mol. The Morgan fingerprint density at radius 3 is 2.62 bits per heavy atom. The van der Waals surface area contributed by atoms with Gasteiger partial charge in [-0.3, -0.25) is 4.79 Å². The minimum Gasteiger partial charge on any atom is -0.370 e. The van der Waals surface area contributed by atoms with Gasteiger partial charge in [-0.1, -0.05) is 6.92 Å². The van der Waals surface area contributed by atoms with Gasteiger partial charge in [0.15, 0.2) is 0 Å². The van der Waals surface area contributed by atoms with E-state index in [4.69, 9.17) is 0 Å². The highest BCUT2D eigenvalue weighted by molar-refractivity contribution is 7.91. The third-order valence-corrected chi connectivity index (χ3v) is 5.19. The predicted octanol–water partition coefficient (Wildman–Crippen LogP) is 1.21. The molecule has 0 spiro atoms. The van der Waals surface area contributed by atoms with Crippen LogP contribution in [0.15, 0.2) is 18.3 Å². The number of anilines is 1. The first-order valence-electron chi connectivity index (χ1n) is 7.21. The van der Waals surface area contributed by atoms with Crippen LogP contribution in [0.5, 0.6) is 0 Å². The smallest absolute Gasteiger partial charge is 0.253 e. The maximum Gasteiger partial charge on any atom is 0.253 e. The standard InChI is InChI=1S/C14H21N3O3S/c1-2-7-15-13-4-3-11(10-16-13)14(18)17-12-5-8-21(19,20)9-6-12/h3-4,10,12H,2,5-9H2,1H3,(H,15,16)(H,17,18). The van der Waals surface area contributed by atoms with Crippen molar-refractivity contribution >= 4 is 21.6 Å². The van der Waals surface area contributed by atoms with Crippen LogP contribution in [0, 0.1) is 0 Å². The van der Waals surface area contributed by atoms with Crippen LogP contribution in [0.3, 0.4) is 0 Å². The van der Waals surface area contributed by atoms with Gasteiger partial charge in [0, 0.05) is 18.8 Å². The first-order chi connectivity index (χ1) is 10.00. The molecule has 0 radical (unpaired) electrons. The molecule has 0 aliphatic carbocycles. The minimum absolute atomic E-state index is 0.0704. The molecule has 2 rings (SSSR count). The number of carbonyl (C=O) groups is 1. The average molecular weight is 311 g/mol. The zero-order valence-corrected chi connectivity index (χ0v) is 12.9. The van der Waals surface area contributed by atoms with Gasteiger partial charge in [-0.25, -0.2) is 13.4 Å². The molecule has 2 N–H and O–H groups in total. The molecule has 1 aromatic rings. The molecule has 21 heavy (non-hydrogen) atoms. The Kier molecular flexibility index (Phi) is 5.17. The first-order valence-corrected chi connectivity index (χ1v) is 9.03. The van der Waals surface area contributed by atoms with E-state index >= 15 is 0 Å². The maximum absolute atomic E-state index is 12.1. The summed E-state index contributed by atoms with van der Waals surface area (Å²) >= 11 is 0. The highest BCUT2D eigenvalue weighted by Crippen LogP contribution is 2.13. The van der Waals surface area contributed by atoms with Crippen molar-refractivity contribution in [1.29, 1.82) is 0 Å². The largest absolute Gasteiger partial charge is 0.370 e. The van der Waals surface area contributed by atoms with E-state index in [1.54, 1.807) is 12.1 Å². The summed E-state index contributed by atoms with van der Waals surface area (Å²) in [6, 6.07) is 3.43. The molecule has 2 heterocycles. The topological polar surface area (TPSA) is 88.2 Å². The van der Waals surface area contributed by atoms with E-state index in [0.717, 1.165) is 18.8 Å². The fourth-order valence-corrected chi connectivity index (χ4v) is 3.68. The van der Waals surface area contributed by atoms with Gasteiger partial charge in [0.05, 0.1) is 17.1 Å². The van der Waals surface area contributed by atoms with Crippen LogP contribution >= 0.6 is 0 Å². The van der Waals surface area contributed by atoms with E-state index in [1.807, 2.05) is 0 Å².